The van der Waals surface area contributed by atoms with E-state index in [9.17, 15) is 14.4 Å². The third kappa shape index (κ3) is 3.67. The number of para-hydroxylation sites is 1. The second-order valence-corrected chi connectivity index (χ2v) is 6.97. The van der Waals surface area contributed by atoms with E-state index in [1.807, 2.05) is 31.2 Å². The van der Waals surface area contributed by atoms with Gasteiger partial charge in [0.15, 0.2) is 0 Å². The molecular formula is C22H19NO5. The van der Waals surface area contributed by atoms with Crippen LogP contribution >= 0.6 is 0 Å². The fourth-order valence-corrected chi connectivity index (χ4v) is 3.49. The molecule has 2 aromatic carbocycles. The lowest BCUT2D eigenvalue weighted by Gasteiger charge is -2.24. The highest BCUT2D eigenvalue weighted by Gasteiger charge is 2.26. The van der Waals surface area contributed by atoms with Gasteiger partial charge in [0.2, 0.25) is 5.91 Å². The minimum absolute atomic E-state index is 0.0746. The van der Waals surface area contributed by atoms with Gasteiger partial charge >= 0.3 is 11.6 Å². The van der Waals surface area contributed by atoms with Crippen molar-refractivity contribution < 1.29 is 18.7 Å². The van der Waals surface area contributed by atoms with Gasteiger partial charge in [0, 0.05) is 35.5 Å². The Balaban J connectivity index is 1.40. The highest BCUT2D eigenvalue weighted by atomic mass is 16.5. The molecule has 0 spiro atoms. The molecule has 0 aliphatic carbocycles. The van der Waals surface area contributed by atoms with Gasteiger partial charge in [0.1, 0.15) is 11.3 Å². The van der Waals surface area contributed by atoms with Crippen LogP contribution in [0.5, 0.6) is 5.75 Å². The van der Waals surface area contributed by atoms with Gasteiger partial charge in [-0.05, 0) is 49.1 Å². The van der Waals surface area contributed by atoms with Crippen molar-refractivity contribution in [1.29, 1.82) is 0 Å². The largest absolute Gasteiger partial charge is 0.426 e. The first-order chi connectivity index (χ1) is 13.5. The van der Waals surface area contributed by atoms with Crippen molar-refractivity contribution in [3.8, 4) is 5.75 Å². The van der Waals surface area contributed by atoms with Crippen LogP contribution < -0.4 is 15.7 Å². The van der Waals surface area contributed by atoms with Crippen LogP contribution in [0.25, 0.3) is 11.0 Å². The normalized spacial score (nSPS) is 15.8. The summed E-state index contributed by atoms with van der Waals surface area (Å²) in [6.45, 7) is 1.82. The van der Waals surface area contributed by atoms with Crippen LogP contribution in [-0.2, 0) is 16.0 Å². The molecule has 3 aromatic rings. The number of amides is 1. The van der Waals surface area contributed by atoms with Gasteiger partial charge < -0.3 is 14.5 Å². The van der Waals surface area contributed by atoms with Crippen LogP contribution in [0, 0.1) is 12.8 Å². The summed E-state index contributed by atoms with van der Waals surface area (Å²) in [5, 5.41) is 3.67. The third-order valence-electron chi connectivity index (χ3n) is 4.96. The number of carbonyl (C=O) groups is 2. The van der Waals surface area contributed by atoms with Crippen molar-refractivity contribution >= 4 is 28.5 Å². The van der Waals surface area contributed by atoms with Crippen molar-refractivity contribution in [2.45, 2.75) is 26.2 Å². The Labute approximate surface area is 161 Å². The molecule has 6 heteroatoms. The smallest absolute Gasteiger partial charge is 0.336 e. The maximum atomic E-state index is 12.2. The maximum absolute atomic E-state index is 12.2. The van der Waals surface area contributed by atoms with Crippen LogP contribution in [0.2, 0.25) is 0 Å². The summed E-state index contributed by atoms with van der Waals surface area (Å²) in [6, 6.07) is 14.0. The first kappa shape index (κ1) is 18.0. The van der Waals surface area contributed by atoms with Gasteiger partial charge in [-0.15, -0.1) is 0 Å². The SMILES string of the molecule is Cc1cc(=O)oc2cc(OC(=O)CCC3Cc4ccccc4NC3=O)ccc12. The number of esters is 1. The summed E-state index contributed by atoms with van der Waals surface area (Å²) in [4.78, 5) is 36.0. The number of rotatable bonds is 4. The Kier molecular flexibility index (Phi) is 4.69. The van der Waals surface area contributed by atoms with Gasteiger partial charge in [-0.3, -0.25) is 9.59 Å². The van der Waals surface area contributed by atoms with Gasteiger partial charge in [-0.25, -0.2) is 4.79 Å². The number of anilines is 1. The third-order valence-corrected chi connectivity index (χ3v) is 4.96. The zero-order chi connectivity index (χ0) is 19.7. The summed E-state index contributed by atoms with van der Waals surface area (Å²) < 4.78 is 10.5. The average molecular weight is 377 g/mol. The summed E-state index contributed by atoms with van der Waals surface area (Å²) >= 11 is 0. The van der Waals surface area contributed by atoms with Crippen molar-refractivity contribution in [1.82, 2.24) is 0 Å². The number of hydrogen-bond acceptors (Lipinski definition) is 5. The lowest BCUT2D eigenvalue weighted by Crippen LogP contribution is -2.30. The number of benzene rings is 2. The van der Waals surface area contributed by atoms with E-state index in [0.29, 0.717) is 24.2 Å². The van der Waals surface area contributed by atoms with Gasteiger partial charge in [0.05, 0.1) is 0 Å². The molecule has 0 fully saturated rings. The van der Waals surface area contributed by atoms with E-state index in [1.165, 1.54) is 12.1 Å². The number of carbonyl (C=O) groups excluding carboxylic acids is 2. The second kappa shape index (κ2) is 7.31. The maximum Gasteiger partial charge on any atom is 0.336 e. The van der Waals surface area contributed by atoms with Crippen molar-refractivity contribution in [3.63, 3.8) is 0 Å². The fraction of sp³-hybridized carbons (Fsp3) is 0.227. The quantitative estimate of drug-likeness (QED) is 0.427. The molecule has 28 heavy (non-hydrogen) atoms. The number of nitrogens with one attached hydrogen (secondary N) is 1. The molecule has 1 amide bonds. The van der Waals surface area contributed by atoms with Crippen LogP contribution in [0.4, 0.5) is 5.69 Å². The first-order valence-corrected chi connectivity index (χ1v) is 9.13. The molecule has 0 bridgehead atoms. The number of ether oxygens (including phenoxy) is 1. The molecule has 1 N–H and O–H groups in total. The predicted octanol–water partition coefficient (Wildman–Crippen LogP) is 3.60. The van der Waals surface area contributed by atoms with E-state index in [4.69, 9.17) is 9.15 Å². The monoisotopic (exact) mass is 377 g/mol. The summed E-state index contributed by atoms with van der Waals surface area (Å²) in [5.41, 5.74) is 2.63. The topological polar surface area (TPSA) is 85.6 Å². The van der Waals surface area contributed by atoms with E-state index >= 15 is 0 Å². The van der Waals surface area contributed by atoms with E-state index in [-0.39, 0.29) is 18.2 Å². The molecule has 0 saturated heterocycles. The van der Waals surface area contributed by atoms with Crippen molar-refractivity contribution in [3.05, 3.63) is 70.1 Å². The molecule has 0 saturated carbocycles. The average Bonchev–Trinajstić information content (AvgIpc) is 2.66. The molecule has 2 heterocycles. The Bertz CT molecular complexity index is 1130. The van der Waals surface area contributed by atoms with Crippen LogP contribution in [0.15, 0.2) is 57.7 Å². The predicted molar refractivity (Wildman–Crippen MR) is 104 cm³/mol. The van der Waals surface area contributed by atoms with E-state index < -0.39 is 11.6 Å². The van der Waals surface area contributed by atoms with Crippen molar-refractivity contribution in [2.75, 3.05) is 5.32 Å². The second-order valence-electron chi connectivity index (χ2n) is 6.97. The Morgan fingerprint density at radius 3 is 2.86 bits per heavy atom. The Morgan fingerprint density at radius 1 is 1.18 bits per heavy atom. The van der Waals surface area contributed by atoms with Gasteiger partial charge in [0.25, 0.3) is 0 Å². The molecule has 4 rings (SSSR count). The molecule has 1 aliphatic rings. The Morgan fingerprint density at radius 2 is 2.00 bits per heavy atom. The molecule has 1 aromatic heterocycles. The molecule has 1 aliphatic heterocycles. The molecule has 6 nitrogen and oxygen atoms in total. The molecule has 1 atom stereocenters. The fourth-order valence-electron chi connectivity index (χ4n) is 3.49. The summed E-state index contributed by atoms with van der Waals surface area (Å²) in [7, 11) is 0. The molecule has 0 radical (unpaired) electrons. The van der Waals surface area contributed by atoms with Crippen LogP contribution in [0.1, 0.15) is 24.0 Å². The first-order valence-electron chi connectivity index (χ1n) is 9.13. The Hall–Kier alpha value is -3.41. The van der Waals surface area contributed by atoms with Crippen molar-refractivity contribution in [2.24, 2.45) is 5.92 Å². The lowest BCUT2D eigenvalue weighted by molar-refractivity contribution is -0.134. The molecule has 142 valence electrons. The molecular weight excluding hydrogens is 358 g/mol. The summed E-state index contributed by atoms with van der Waals surface area (Å²) in [5.74, 6) is -0.458. The highest BCUT2D eigenvalue weighted by Crippen LogP contribution is 2.28. The number of fused-ring (bicyclic) bond motifs is 2. The summed E-state index contributed by atoms with van der Waals surface area (Å²) in [6.07, 6.45) is 1.13. The number of hydrogen-bond donors (Lipinski definition) is 1. The highest BCUT2D eigenvalue weighted by molar-refractivity contribution is 5.96. The van der Waals surface area contributed by atoms with E-state index in [2.05, 4.69) is 5.32 Å². The lowest BCUT2D eigenvalue weighted by atomic mass is 9.90. The zero-order valence-electron chi connectivity index (χ0n) is 15.4. The zero-order valence-corrected chi connectivity index (χ0v) is 15.4. The molecule has 1 unspecified atom stereocenters. The minimum Gasteiger partial charge on any atom is -0.426 e. The minimum atomic E-state index is -0.447. The van der Waals surface area contributed by atoms with E-state index in [1.54, 1.807) is 12.1 Å². The van der Waals surface area contributed by atoms with Crippen LogP contribution in [0.3, 0.4) is 0 Å². The standard InChI is InChI=1S/C22H19NO5/c1-13-10-21(25)28-19-12-16(7-8-17(13)19)27-20(24)9-6-15-11-14-4-2-3-5-18(14)23-22(15)26/h2-5,7-8,10,12,15H,6,9,11H2,1H3,(H,23,26). The van der Waals surface area contributed by atoms with Gasteiger partial charge in [-0.1, -0.05) is 18.2 Å². The van der Waals surface area contributed by atoms with Crippen LogP contribution in [-0.4, -0.2) is 11.9 Å². The van der Waals surface area contributed by atoms with Gasteiger partial charge in [-0.2, -0.15) is 0 Å². The van der Waals surface area contributed by atoms with E-state index in [0.717, 1.165) is 22.2 Å². The number of aryl methyl sites for hydroxylation is 1.